The van der Waals surface area contributed by atoms with Crippen LogP contribution in [0.25, 0.3) is 0 Å². The number of ketones is 1. The van der Waals surface area contributed by atoms with Crippen molar-refractivity contribution in [3.05, 3.63) is 23.3 Å². The Kier molecular flexibility index (Phi) is 10.8. The number of aromatic carboxylic acids is 1. The average molecular weight is 353 g/mol. The third kappa shape index (κ3) is 8.32. The van der Waals surface area contributed by atoms with Crippen molar-refractivity contribution in [2.75, 3.05) is 0 Å². The first-order valence-electron chi connectivity index (χ1n) is 9.71. The number of aromatic nitrogens is 1. The number of halogens is 1. The largest absolute Gasteiger partial charge is 0.476 e. The first-order chi connectivity index (χ1) is 12.1. The van der Waals surface area contributed by atoms with Crippen LogP contribution in [0.2, 0.25) is 0 Å². The second kappa shape index (κ2) is 12.7. The topological polar surface area (TPSA) is 70.2 Å². The molecule has 4 nitrogen and oxygen atoms in total. The van der Waals surface area contributed by atoms with Crippen molar-refractivity contribution in [3.8, 4) is 0 Å². The summed E-state index contributed by atoms with van der Waals surface area (Å²) >= 11 is 0. The molecule has 5 heteroatoms. The number of carboxylic acids is 1. The molecule has 0 atom stereocenters. The number of hydrogen-bond donors (Lipinski definition) is 2. The fourth-order valence-electron chi connectivity index (χ4n) is 3.03. The van der Waals surface area contributed by atoms with Crippen LogP contribution in [0.4, 0.5) is 4.39 Å². The van der Waals surface area contributed by atoms with Gasteiger partial charge in [0.25, 0.3) is 0 Å². The lowest BCUT2D eigenvalue weighted by Gasteiger charge is -2.03. The van der Waals surface area contributed by atoms with Crippen LogP contribution in [0, 0.1) is 5.82 Å². The van der Waals surface area contributed by atoms with E-state index in [4.69, 9.17) is 5.11 Å². The molecule has 0 saturated heterocycles. The van der Waals surface area contributed by atoms with Crippen molar-refractivity contribution in [1.29, 1.82) is 0 Å². The Hall–Kier alpha value is -1.65. The minimum atomic E-state index is -1.39. The summed E-state index contributed by atoms with van der Waals surface area (Å²) in [5.41, 5.74) is -0.682. The third-order valence-electron chi connectivity index (χ3n) is 4.59. The number of unbranched alkanes of at least 4 members (excludes halogenated alkanes) is 11. The van der Waals surface area contributed by atoms with Crippen molar-refractivity contribution in [2.24, 2.45) is 0 Å². The predicted molar refractivity (Wildman–Crippen MR) is 97.7 cm³/mol. The van der Waals surface area contributed by atoms with Gasteiger partial charge in [0, 0.05) is 12.6 Å². The number of Topliss-reactive ketones (excluding diaryl/α,β-unsaturated/α-hetero) is 1. The lowest BCUT2D eigenvalue weighted by Crippen LogP contribution is -2.03. The van der Waals surface area contributed by atoms with E-state index < -0.39 is 17.5 Å². The van der Waals surface area contributed by atoms with Crippen LogP contribution in [0.15, 0.2) is 6.20 Å². The minimum Gasteiger partial charge on any atom is -0.476 e. The number of rotatable bonds is 15. The molecule has 142 valence electrons. The number of nitrogens with one attached hydrogen (secondary N) is 1. The van der Waals surface area contributed by atoms with E-state index >= 15 is 0 Å². The summed E-state index contributed by atoms with van der Waals surface area (Å²) < 4.78 is 13.7. The molecule has 0 amide bonds. The smallest absolute Gasteiger partial charge is 0.355 e. The predicted octanol–water partition coefficient (Wildman–Crippen LogP) is 6.13. The monoisotopic (exact) mass is 353 g/mol. The second-order valence-electron chi connectivity index (χ2n) is 6.76. The second-order valence-corrected chi connectivity index (χ2v) is 6.76. The molecule has 0 aliphatic rings. The SMILES string of the molecule is CCCCCCCCCCCCCCC(=O)c1c[nH]c(C(=O)O)c1F. The molecule has 0 spiro atoms. The van der Waals surface area contributed by atoms with Gasteiger partial charge >= 0.3 is 5.97 Å². The molecular weight excluding hydrogens is 321 g/mol. The highest BCUT2D eigenvalue weighted by molar-refractivity contribution is 5.99. The standard InChI is InChI=1S/C20H32FNO3/c1-2-3-4-5-6-7-8-9-10-11-12-13-14-17(23)16-15-22-19(18(16)21)20(24)25/h15,22H,2-14H2,1H3,(H,24,25). The summed E-state index contributed by atoms with van der Waals surface area (Å²) in [6.07, 6.45) is 15.9. The highest BCUT2D eigenvalue weighted by Crippen LogP contribution is 2.17. The van der Waals surface area contributed by atoms with Crippen LogP contribution in [0.1, 0.15) is 111 Å². The summed E-state index contributed by atoms with van der Waals surface area (Å²) in [5, 5.41) is 8.77. The Morgan fingerprint density at radius 3 is 1.84 bits per heavy atom. The molecule has 1 aromatic rings. The molecule has 2 N–H and O–H groups in total. The van der Waals surface area contributed by atoms with Gasteiger partial charge in [-0.05, 0) is 6.42 Å². The van der Waals surface area contributed by atoms with E-state index in [1.165, 1.54) is 57.8 Å². The van der Waals surface area contributed by atoms with Crippen molar-refractivity contribution < 1.29 is 19.1 Å². The molecule has 25 heavy (non-hydrogen) atoms. The molecule has 0 unspecified atom stereocenters. The number of aromatic amines is 1. The Labute approximate surface area is 150 Å². The Morgan fingerprint density at radius 2 is 1.40 bits per heavy atom. The van der Waals surface area contributed by atoms with Gasteiger partial charge in [-0.3, -0.25) is 4.79 Å². The summed E-state index contributed by atoms with van der Waals surface area (Å²) in [4.78, 5) is 25.0. The van der Waals surface area contributed by atoms with E-state index in [0.717, 1.165) is 25.5 Å². The van der Waals surface area contributed by atoms with Crippen LogP contribution in [0.3, 0.4) is 0 Å². The molecule has 0 radical (unpaired) electrons. The van der Waals surface area contributed by atoms with Crippen molar-refractivity contribution >= 4 is 11.8 Å². The zero-order chi connectivity index (χ0) is 18.5. The van der Waals surface area contributed by atoms with Crippen molar-refractivity contribution in [1.82, 2.24) is 4.98 Å². The van der Waals surface area contributed by atoms with E-state index in [1.54, 1.807) is 0 Å². The third-order valence-corrected chi connectivity index (χ3v) is 4.59. The zero-order valence-electron chi connectivity index (χ0n) is 15.4. The highest BCUT2D eigenvalue weighted by atomic mass is 19.1. The maximum absolute atomic E-state index is 13.7. The van der Waals surface area contributed by atoms with Gasteiger partial charge < -0.3 is 10.1 Å². The quantitative estimate of drug-likeness (QED) is 0.294. The molecule has 1 aromatic heterocycles. The van der Waals surface area contributed by atoms with E-state index in [-0.39, 0.29) is 17.8 Å². The van der Waals surface area contributed by atoms with Crippen LogP contribution >= 0.6 is 0 Å². The van der Waals surface area contributed by atoms with E-state index in [2.05, 4.69) is 11.9 Å². The van der Waals surface area contributed by atoms with Crippen LogP contribution in [-0.4, -0.2) is 21.8 Å². The van der Waals surface area contributed by atoms with Gasteiger partial charge in [-0.15, -0.1) is 0 Å². The highest BCUT2D eigenvalue weighted by Gasteiger charge is 2.20. The van der Waals surface area contributed by atoms with Gasteiger partial charge in [0.05, 0.1) is 5.56 Å². The van der Waals surface area contributed by atoms with Crippen LogP contribution < -0.4 is 0 Å². The van der Waals surface area contributed by atoms with Gasteiger partial charge in [-0.1, -0.05) is 77.6 Å². The molecule has 0 aliphatic carbocycles. The number of carbonyl (C=O) groups is 2. The van der Waals surface area contributed by atoms with Gasteiger partial charge in [-0.25, -0.2) is 9.18 Å². The Balaban J connectivity index is 2.03. The number of carbonyl (C=O) groups excluding carboxylic acids is 1. The summed E-state index contributed by atoms with van der Waals surface area (Å²) in [7, 11) is 0. The lowest BCUT2D eigenvalue weighted by atomic mass is 10.0. The van der Waals surface area contributed by atoms with Crippen molar-refractivity contribution in [3.63, 3.8) is 0 Å². The zero-order valence-corrected chi connectivity index (χ0v) is 15.4. The summed E-state index contributed by atoms with van der Waals surface area (Å²) in [6, 6.07) is 0. The first kappa shape index (κ1) is 21.4. The molecule has 1 heterocycles. The Bertz CT molecular complexity index is 525. The van der Waals surface area contributed by atoms with Crippen LogP contribution in [-0.2, 0) is 0 Å². The molecule has 1 rings (SSSR count). The fourth-order valence-corrected chi connectivity index (χ4v) is 3.03. The Morgan fingerprint density at radius 1 is 0.920 bits per heavy atom. The van der Waals surface area contributed by atoms with Gasteiger partial charge in [0.1, 0.15) is 0 Å². The maximum atomic E-state index is 13.7. The molecule has 0 fully saturated rings. The van der Waals surface area contributed by atoms with Gasteiger partial charge in [0.2, 0.25) is 0 Å². The molecule has 0 aliphatic heterocycles. The number of hydrogen-bond acceptors (Lipinski definition) is 2. The average Bonchev–Trinajstić information content (AvgIpc) is 2.97. The van der Waals surface area contributed by atoms with E-state index in [9.17, 15) is 14.0 Å². The summed E-state index contributed by atoms with van der Waals surface area (Å²) in [5.74, 6) is -2.66. The molecule has 0 saturated carbocycles. The van der Waals surface area contributed by atoms with Crippen molar-refractivity contribution in [2.45, 2.75) is 90.4 Å². The molecule has 0 aromatic carbocycles. The normalized spacial score (nSPS) is 11.0. The van der Waals surface area contributed by atoms with Gasteiger partial charge in [-0.2, -0.15) is 0 Å². The van der Waals surface area contributed by atoms with Crippen LogP contribution in [0.5, 0.6) is 0 Å². The molecular formula is C20H32FNO3. The van der Waals surface area contributed by atoms with E-state index in [1.807, 2.05) is 0 Å². The number of carboxylic acid groups (broad SMARTS) is 1. The maximum Gasteiger partial charge on any atom is 0.355 e. The first-order valence-corrected chi connectivity index (χ1v) is 9.71. The molecule has 0 bridgehead atoms. The lowest BCUT2D eigenvalue weighted by molar-refractivity contribution is 0.0686. The minimum absolute atomic E-state index is 0.138. The number of H-pyrrole nitrogens is 1. The fraction of sp³-hybridized carbons (Fsp3) is 0.700. The summed E-state index contributed by atoms with van der Waals surface area (Å²) in [6.45, 7) is 2.23. The van der Waals surface area contributed by atoms with Gasteiger partial charge in [0.15, 0.2) is 17.3 Å². The van der Waals surface area contributed by atoms with E-state index in [0.29, 0.717) is 0 Å².